The average Bonchev–Trinajstić information content (AvgIpc) is 2.67. The molecule has 0 bridgehead atoms. The number of hydrogen-bond donors (Lipinski definition) is 0. The summed E-state index contributed by atoms with van der Waals surface area (Å²) in [7, 11) is 1.42. The normalized spacial score (nSPS) is 14.6. The lowest BCUT2D eigenvalue weighted by Crippen LogP contribution is -2.41. The molecule has 0 saturated carbocycles. The van der Waals surface area contributed by atoms with Crippen molar-refractivity contribution in [3.8, 4) is 17.6 Å². The fourth-order valence-corrected chi connectivity index (χ4v) is 2.31. The molecular weight excluding hydrogens is 348 g/mol. The van der Waals surface area contributed by atoms with Gasteiger partial charge >= 0.3 is 5.97 Å². The molecule has 1 aliphatic rings. The van der Waals surface area contributed by atoms with E-state index in [2.05, 4.69) is 0 Å². The van der Waals surface area contributed by atoms with E-state index >= 15 is 0 Å². The Morgan fingerprint density at radius 2 is 2.08 bits per heavy atom. The number of halogens is 1. The summed E-state index contributed by atoms with van der Waals surface area (Å²) in [6.07, 6.45) is 1.47. The predicted molar refractivity (Wildman–Crippen MR) is 90.3 cm³/mol. The van der Waals surface area contributed by atoms with Crippen molar-refractivity contribution in [3.63, 3.8) is 0 Å². The predicted octanol–water partition coefficient (Wildman–Crippen LogP) is 1.61. The van der Waals surface area contributed by atoms with Crippen molar-refractivity contribution >= 4 is 29.6 Å². The van der Waals surface area contributed by atoms with Crippen molar-refractivity contribution in [2.24, 2.45) is 0 Å². The van der Waals surface area contributed by atoms with Gasteiger partial charge in [0.1, 0.15) is 17.5 Å². The fraction of sp³-hybridized carbons (Fsp3) is 0.353. The average molecular weight is 365 g/mol. The van der Waals surface area contributed by atoms with Crippen molar-refractivity contribution in [2.75, 3.05) is 39.3 Å². The quantitative estimate of drug-likeness (QED) is 0.259. The summed E-state index contributed by atoms with van der Waals surface area (Å²) in [5.41, 5.74) is 0.579. The first-order valence-electron chi connectivity index (χ1n) is 7.52. The lowest BCUT2D eigenvalue weighted by molar-refractivity contribution is -0.132. The number of esters is 1. The highest BCUT2D eigenvalue weighted by Crippen LogP contribution is 2.29. The molecule has 25 heavy (non-hydrogen) atoms. The van der Waals surface area contributed by atoms with Crippen molar-refractivity contribution < 1.29 is 23.8 Å². The number of benzene rings is 1. The molecule has 0 spiro atoms. The van der Waals surface area contributed by atoms with Gasteiger partial charge in [-0.15, -0.1) is 11.6 Å². The third-order valence-corrected chi connectivity index (χ3v) is 3.70. The van der Waals surface area contributed by atoms with Crippen LogP contribution in [0.4, 0.5) is 0 Å². The van der Waals surface area contributed by atoms with Crippen LogP contribution in [-0.2, 0) is 14.3 Å². The van der Waals surface area contributed by atoms with E-state index < -0.39 is 5.97 Å². The molecule has 0 N–H and O–H groups in total. The van der Waals surface area contributed by atoms with Crippen LogP contribution in [0.15, 0.2) is 23.8 Å². The monoisotopic (exact) mass is 364 g/mol. The van der Waals surface area contributed by atoms with Gasteiger partial charge in [0.25, 0.3) is 5.91 Å². The molecule has 8 heteroatoms. The van der Waals surface area contributed by atoms with Crippen molar-refractivity contribution in [1.29, 1.82) is 5.26 Å². The van der Waals surface area contributed by atoms with E-state index in [1.807, 2.05) is 6.07 Å². The lowest BCUT2D eigenvalue weighted by Gasteiger charge is -2.26. The highest BCUT2D eigenvalue weighted by Gasteiger charge is 2.20. The van der Waals surface area contributed by atoms with Crippen molar-refractivity contribution in [3.05, 3.63) is 29.3 Å². The molecule has 7 nitrogen and oxygen atoms in total. The van der Waals surface area contributed by atoms with Crippen LogP contribution in [0.5, 0.6) is 11.5 Å². The summed E-state index contributed by atoms with van der Waals surface area (Å²) in [5, 5.41) is 9.31. The number of methoxy groups -OCH3 is 1. The van der Waals surface area contributed by atoms with Crippen molar-refractivity contribution in [1.82, 2.24) is 4.90 Å². The molecule has 0 aromatic heterocycles. The van der Waals surface area contributed by atoms with E-state index in [0.717, 1.165) is 0 Å². The molecule has 0 aliphatic carbocycles. The van der Waals surface area contributed by atoms with Gasteiger partial charge < -0.3 is 19.1 Å². The molecule has 132 valence electrons. The Labute approximate surface area is 150 Å². The number of nitriles is 1. The second-order valence-corrected chi connectivity index (χ2v) is 5.36. The van der Waals surface area contributed by atoms with E-state index in [4.69, 9.17) is 25.8 Å². The highest BCUT2D eigenvalue weighted by atomic mass is 35.5. The Morgan fingerprint density at radius 3 is 2.68 bits per heavy atom. The number of morpholine rings is 1. The number of ether oxygens (including phenoxy) is 3. The molecule has 1 saturated heterocycles. The summed E-state index contributed by atoms with van der Waals surface area (Å²) in [5.74, 6) is -0.727. The van der Waals surface area contributed by atoms with E-state index in [-0.39, 0.29) is 23.1 Å². The van der Waals surface area contributed by atoms with Crippen LogP contribution in [-0.4, -0.2) is 56.1 Å². The van der Waals surface area contributed by atoms with Gasteiger partial charge in [0, 0.05) is 13.1 Å². The molecule has 1 amide bonds. The van der Waals surface area contributed by atoms with Gasteiger partial charge in [0.05, 0.1) is 20.3 Å². The van der Waals surface area contributed by atoms with Gasteiger partial charge in [-0.05, 0) is 23.8 Å². The zero-order chi connectivity index (χ0) is 18.2. The van der Waals surface area contributed by atoms with Gasteiger partial charge in [-0.2, -0.15) is 5.26 Å². The Bertz CT molecular complexity index is 720. The zero-order valence-corrected chi connectivity index (χ0v) is 14.4. The molecular formula is C17H17ClN2O5. The number of carbonyl (C=O) groups is 2. The summed E-state index contributed by atoms with van der Waals surface area (Å²) >= 11 is 5.41. The minimum Gasteiger partial charge on any atom is -0.493 e. The molecule has 1 heterocycles. The molecule has 1 aliphatic heterocycles. The van der Waals surface area contributed by atoms with E-state index in [0.29, 0.717) is 37.6 Å². The van der Waals surface area contributed by atoms with Gasteiger partial charge in [-0.3, -0.25) is 9.59 Å². The first kappa shape index (κ1) is 18.8. The lowest BCUT2D eigenvalue weighted by atomic mass is 10.1. The molecule has 0 atom stereocenters. The molecule has 0 radical (unpaired) electrons. The largest absolute Gasteiger partial charge is 0.493 e. The van der Waals surface area contributed by atoms with Gasteiger partial charge in [0.15, 0.2) is 11.5 Å². The molecule has 1 aromatic rings. The summed E-state index contributed by atoms with van der Waals surface area (Å²) in [6.45, 7) is 1.82. The second-order valence-electron chi connectivity index (χ2n) is 5.09. The Morgan fingerprint density at radius 1 is 1.36 bits per heavy atom. The number of hydrogen-bond acceptors (Lipinski definition) is 6. The maximum Gasteiger partial charge on any atom is 0.326 e. The topological polar surface area (TPSA) is 88.9 Å². The molecule has 1 fully saturated rings. The third kappa shape index (κ3) is 4.95. The van der Waals surface area contributed by atoms with Crippen LogP contribution < -0.4 is 9.47 Å². The van der Waals surface area contributed by atoms with Crippen LogP contribution in [0.2, 0.25) is 0 Å². The summed E-state index contributed by atoms with van der Waals surface area (Å²) in [4.78, 5) is 25.3. The Hall–Kier alpha value is -2.56. The van der Waals surface area contributed by atoms with Crippen molar-refractivity contribution in [2.45, 2.75) is 0 Å². The van der Waals surface area contributed by atoms with Gasteiger partial charge in [-0.1, -0.05) is 6.07 Å². The first-order valence-corrected chi connectivity index (χ1v) is 8.06. The Balaban J connectivity index is 2.23. The maximum atomic E-state index is 12.4. The van der Waals surface area contributed by atoms with Crippen LogP contribution in [0.25, 0.3) is 6.08 Å². The standard InChI is InChI=1S/C17H17ClN2O5/c1-23-15-9-12(2-3-14(15)25-16(21)10-18)8-13(11-19)17(22)20-4-6-24-7-5-20/h2-3,8-9H,4-7,10H2,1H3/b13-8+. The first-order chi connectivity index (χ1) is 12.1. The van der Waals surface area contributed by atoms with Gasteiger partial charge in [0.2, 0.25) is 0 Å². The number of rotatable bonds is 5. The van der Waals surface area contributed by atoms with E-state index in [9.17, 15) is 14.9 Å². The van der Waals surface area contributed by atoms with E-state index in [1.54, 1.807) is 17.0 Å². The van der Waals surface area contributed by atoms with Gasteiger partial charge in [-0.25, -0.2) is 0 Å². The minimum absolute atomic E-state index is 0.00876. The molecule has 1 aromatic carbocycles. The zero-order valence-electron chi connectivity index (χ0n) is 13.7. The summed E-state index contributed by atoms with van der Waals surface area (Å²) < 4.78 is 15.4. The molecule has 0 unspecified atom stereocenters. The van der Waals surface area contributed by atoms with Crippen LogP contribution in [0, 0.1) is 11.3 Å². The number of carbonyl (C=O) groups excluding carboxylic acids is 2. The SMILES string of the molecule is COc1cc(/C=C(\C#N)C(=O)N2CCOCC2)ccc1OC(=O)CCl. The van der Waals surface area contributed by atoms with Crippen LogP contribution >= 0.6 is 11.6 Å². The minimum atomic E-state index is -0.608. The summed E-state index contributed by atoms with van der Waals surface area (Å²) in [6, 6.07) is 6.63. The van der Waals surface area contributed by atoms with Crippen LogP contribution in [0.1, 0.15) is 5.56 Å². The maximum absolute atomic E-state index is 12.4. The number of amides is 1. The third-order valence-electron chi connectivity index (χ3n) is 3.48. The highest BCUT2D eigenvalue weighted by molar-refractivity contribution is 6.26. The number of alkyl halides is 1. The molecule has 2 rings (SSSR count). The smallest absolute Gasteiger partial charge is 0.326 e. The van der Waals surface area contributed by atoms with Crippen LogP contribution in [0.3, 0.4) is 0 Å². The number of nitrogens with zero attached hydrogens (tertiary/aromatic N) is 2. The second kappa shape index (κ2) is 9.06. The Kier molecular flexibility index (Phi) is 6.81. The fourth-order valence-electron chi connectivity index (χ4n) is 2.25. The van der Waals surface area contributed by atoms with E-state index in [1.165, 1.54) is 19.3 Å².